The molecule has 0 saturated carbocycles. The first-order chi connectivity index (χ1) is 11.8. The van der Waals surface area contributed by atoms with E-state index < -0.39 is 0 Å². The van der Waals surface area contributed by atoms with Gasteiger partial charge in [0.15, 0.2) is 11.5 Å². The van der Waals surface area contributed by atoms with Crippen LogP contribution in [-0.4, -0.2) is 26.7 Å². The van der Waals surface area contributed by atoms with Gasteiger partial charge in [0.25, 0.3) is 0 Å². The summed E-state index contributed by atoms with van der Waals surface area (Å²) >= 11 is 0. The van der Waals surface area contributed by atoms with Crippen LogP contribution in [0.4, 0.5) is 0 Å². The highest BCUT2D eigenvalue weighted by molar-refractivity contribution is 5.46. The van der Waals surface area contributed by atoms with E-state index in [0.717, 1.165) is 55.2 Å². The molecule has 0 saturated heterocycles. The van der Waals surface area contributed by atoms with Gasteiger partial charge in [-0.05, 0) is 37.7 Å². The zero-order valence-corrected chi connectivity index (χ0v) is 14.7. The van der Waals surface area contributed by atoms with Gasteiger partial charge in [-0.25, -0.2) is 0 Å². The largest absolute Gasteiger partial charge is 0.493 e. The van der Waals surface area contributed by atoms with Crippen LogP contribution in [0.2, 0.25) is 0 Å². The molecule has 24 heavy (non-hydrogen) atoms. The van der Waals surface area contributed by atoms with Crippen LogP contribution in [-0.2, 0) is 13.2 Å². The smallest absolute Gasteiger partial charge is 0.166 e. The van der Waals surface area contributed by atoms with Crippen molar-refractivity contribution >= 4 is 0 Å². The van der Waals surface area contributed by atoms with Gasteiger partial charge in [0.2, 0.25) is 0 Å². The minimum Gasteiger partial charge on any atom is -0.493 e. The number of benzene rings is 2. The van der Waals surface area contributed by atoms with Crippen molar-refractivity contribution in [2.45, 2.75) is 26.5 Å². The molecular formula is C20H28N2O2. The molecule has 0 heterocycles. The number of rotatable bonds is 11. The van der Waals surface area contributed by atoms with Gasteiger partial charge in [0, 0.05) is 12.1 Å². The van der Waals surface area contributed by atoms with E-state index in [1.165, 1.54) is 0 Å². The maximum atomic E-state index is 6.06. The highest BCUT2D eigenvalue weighted by Crippen LogP contribution is 2.31. The van der Waals surface area contributed by atoms with Crippen LogP contribution in [0.15, 0.2) is 48.5 Å². The Kier molecular flexibility index (Phi) is 8.15. The SMILES string of the molecule is CCNCCCNCc1cccc(OC)c1OCc1ccccc1. The average molecular weight is 328 g/mol. The lowest BCUT2D eigenvalue weighted by atomic mass is 10.1. The van der Waals surface area contributed by atoms with E-state index in [1.807, 2.05) is 30.3 Å². The molecule has 0 aliphatic rings. The fraction of sp³-hybridized carbons (Fsp3) is 0.400. The Balaban J connectivity index is 1.94. The van der Waals surface area contributed by atoms with Crippen molar-refractivity contribution in [1.82, 2.24) is 10.6 Å². The maximum Gasteiger partial charge on any atom is 0.166 e. The molecular weight excluding hydrogens is 300 g/mol. The summed E-state index contributed by atoms with van der Waals surface area (Å²) in [5, 5.41) is 6.81. The summed E-state index contributed by atoms with van der Waals surface area (Å²) < 4.78 is 11.5. The van der Waals surface area contributed by atoms with E-state index in [2.05, 4.69) is 35.8 Å². The molecule has 2 N–H and O–H groups in total. The number of ether oxygens (including phenoxy) is 2. The Morgan fingerprint density at radius 3 is 2.46 bits per heavy atom. The molecule has 0 unspecified atom stereocenters. The monoisotopic (exact) mass is 328 g/mol. The molecule has 130 valence electrons. The van der Waals surface area contributed by atoms with E-state index in [-0.39, 0.29) is 0 Å². The lowest BCUT2D eigenvalue weighted by Gasteiger charge is -2.16. The molecule has 0 atom stereocenters. The van der Waals surface area contributed by atoms with Gasteiger partial charge < -0.3 is 20.1 Å². The van der Waals surface area contributed by atoms with Crippen molar-refractivity contribution in [2.75, 3.05) is 26.7 Å². The third-order valence-electron chi connectivity index (χ3n) is 3.78. The van der Waals surface area contributed by atoms with E-state index in [9.17, 15) is 0 Å². The fourth-order valence-corrected chi connectivity index (χ4v) is 2.49. The minimum atomic E-state index is 0.536. The second-order valence-electron chi connectivity index (χ2n) is 5.61. The zero-order valence-electron chi connectivity index (χ0n) is 14.7. The molecule has 2 aromatic rings. The molecule has 0 aromatic heterocycles. The van der Waals surface area contributed by atoms with Crippen LogP contribution in [0, 0.1) is 0 Å². The summed E-state index contributed by atoms with van der Waals surface area (Å²) in [6.45, 7) is 6.47. The van der Waals surface area contributed by atoms with Crippen LogP contribution in [0.5, 0.6) is 11.5 Å². The van der Waals surface area contributed by atoms with Crippen LogP contribution in [0.3, 0.4) is 0 Å². The first-order valence-electron chi connectivity index (χ1n) is 8.59. The minimum absolute atomic E-state index is 0.536. The number of nitrogens with one attached hydrogen (secondary N) is 2. The first kappa shape index (κ1) is 18.3. The van der Waals surface area contributed by atoms with Gasteiger partial charge in [0.05, 0.1) is 7.11 Å². The molecule has 4 nitrogen and oxygen atoms in total. The van der Waals surface area contributed by atoms with Crippen molar-refractivity contribution in [3.05, 3.63) is 59.7 Å². The van der Waals surface area contributed by atoms with Gasteiger partial charge in [-0.15, -0.1) is 0 Å². The predicted molar refractivity (Wildman–Crippen MR) is 98.6 cm³/mol. The molecule has 0 radical (unpaired) electrons. The van der Waals surface area contributed by atoms with Crippen LogP contribution in [0.1, 0.15) is 24.5 Å². The second-order valence-corrected chi connectivity index (χ2v) is 5.61. The number of methoxy groups -OCH3 is 1. The summed E-state index contributed by atoms with van der Waals surface area (Å²) in [7, 11) is 1.68. The second kappa shape index (κ2) is 10.7. The molecule has 0 amide bonds. The van der Waals surface area contributed by atoms with Gasteiger partial charge in [-0.2, -0.15) is 0 Å². The highest BCUT2D eigenvalue weighted by atomic mass is 16.5. The van der Waals surface area contributed by atoms with E-state index in [4.69, 9.17) is 9.47 Å². The van der Waals surface area contributed by atoms with Crippen molar-refractivity contribution in [3.8, 4) is 11.5 Å². The molecule has 0 aliphatic heterocycles. The Morgan fingerprint density at radius 1 is 0.917 bits per heavy atom. The van der Waals surface area contributed by atoms with Crippen molar-refractivity contribution < 1.29 is 9.47 Å². The van der Waals surface area contributed by atoms with Crippen LogP contribution < -0.4 is 20.1 Å². The molecule has 0 bridgehead atoms. The van der Waals surface area contributed by atoms with Crippen LogP contribution in [0.25, 0.3) is 0 Å². The summed E-state index contributed by atoms with van der Waals surface area (Å²) in [6.07, 6.45) is 1.11. The Labute approximate surface area is 145 Å². The van der Waals surface area contributed by atoms with Crippen LogP contribution >= 0.6 is 0 Å². The van der Waals surface area contributed by atoms with Gasteiger partial charge in [-0.1, -0.05) is 49.4 Å². The van der Waals surface area contributed by atoms with E-state index in [0.29, 0.717) is 6.61 Å². The molecule has 2 aromatic carbocycles. The summed E-state index contributed by atoms with van der Waals surface area (Å²) in [6, 6.07) is 16.2. The molecule has 2 rings (SSSR count). The lowest BCUT2D eigenvalue weighted by molar-refractivity contribution is 0.280. The quantitative estimate of drug-likeness (QED) is 0.621. The van der Waals surface area contributed by atoms with Crippen molar-refractivity contribution in [2.24, 2.45) is 0 Å². The average Bonchev–Trinajstić information content (AvgIpc) is 2.64. The zero-order chi connectivity index (χ0) is 17.0. The highest BCUT2D eigenvalue weighted by Gasteiger charge is 2.10. The van der Waals surface area contributed by atoms with Crippen molar-refractivity contribution in [1.29, 1.82) is 0 Å². The number of hydrogen-bond donors (Lipinski definition) is 2. The summed E-state index contributed by atoms with van der Waals surface area (Å²) in [5.74, 6) is 1.60. The summed E-state index contributed by atoms with van der Waals surface area (Å²) in [4.78, 5) is 0. The first-order valence-corrected chi connectivity index (χ1v) is 8.59. The van der Waals surface area contributed by atoms with E-state index in [1.54, 1.807) is 7.11 Å². The van der Waals surface area contributed by atoms with Gasteiger partial charge >= 0.3 is 0 Å². The fourth-order valence-electron chi connectivity index (χ4n) is 2.49. The number of para-hydroxylation sites is 1. The molecule has 0 spiro atoms. The van der Waals surface area contributed by atoms with Gasteiger partial charge in [-0.3, -0.25) is 0 Å². The lowest BCUT2D eigenvalue weighted by Crippen LogP contribution is -2.21. The molecule has 0 fully saturated rings. The predicted octanol–water partition coefficient (Wildman–Crippen LogP) is 3.36. The third-order valence-corrected chi connectivity index (χ3v) is 3.78. The Bertz CT molecular complexity index is 587. The third kappa shape index (κ3) is 5.87. The summed E-state index contributed by atoms with van der Waals surface area (Å²) in [5.41, 5.74) is 2.27. The number of hydrogen-bond acceptors (Lipinski definition) is 4. The molecule has 0 aliphatic carbocycles. The Hall–Kier alpha value is -2.04. The maximum absolute atomic E-state index is 6.06. The molecule has 4 heteroatoms. The van der Waals surface area contributed by atoms with Gasteiger partial charge in [0.1, 0.15) is 6.61 Å². The normalized spacial score (nSPS) is 10.6. The van der Waals surface area contributed by atoms with Crippen molar-refractivity contribution in [3.63, 3.8) is 0 Å². The topological polar surface area (TPSA) is 42.5 Å². The Morgan fingerprint density at radius 2 is 1.71 bits per heavy atom. The van der Waals surface area contributed by atoms with E-state index >= 15 is 0 Å². The standard InChI is InChI=1S/C20H28N2O2/c1-3-21-13-8-14-22-15-18-11-7-12-19(23-2)20(18)24-16-17-9-5-4-6-10-17/h4-7,9-12,21-22H,3,8,13-16H2,1-2H3.